The van der Waals surface area contributed by atoms with Crippen molar-refractivity contribution < 1.29 is 18.7 Å². The zero-order valence-corrected chi connectivity index (χ0v) is 19.5. The molecule has 2 amide bonds. The van der Waals surface area contributed by atoms with Gasteiger partial charge in [0.15, 0.2) is 0 Å². The summed E-state index contributed by atoms with van der Waals surface area (Å²) < 4.78 is 18.4. The summed E-state index contributed by atoms with van der Waals surface area (Å²) in [6.45, 7) is 8.48. The van der Waals surface area contributed by atoms with E-state index in [0.717, 1.165) is 38.4 Å². The van der Waals surface area contributed by atoms with Crippen molar-refractivity contribution in [2.24, 2.45) is 5.92 Å². The van der Waals surface area contributed by atoms with Gasteiger partial charge in [0, 0.05) is 45.0 Å². The van der Waals surface area contributed by atoms with Crippen LogP contribution in [0.5, 0.6) is 5.75 Å². The van der Waals surface area contributed by atoms with Crippen LogP contribution < -0.4 is 20.3 Å². The van der Waals surface area contributed by atoms with E-state index in [1.807, 2.05) is 13.8 Å². The lowest BCUT2D eigenvalue weighted by Crippen LogP contribution is -2.52. The van der Waals surface area contributed by atoms with Gasteiger partial charge in [0.1, 0.15) is 17.6 Å². The number of nitrogens with zero attached hydrogens (tertiary/aromatic N) is 2. The molecule has 178 valence electrons. The average Bonchev–Trinajstić information content (AvgIpc) is 2.83. The fraction of sp³-hybridized carbons (Fsp3) is 0.440. The summed E-state index contributed by atoms with van der Waals surface area (Å²) in [7, 11) is 1.51. The smallest absolute Gasteiger partial charge is 0.255 e. The van der Waals surface area contributed by atoms with Gasteiger partial charge in [-0.2, -0.15) is 0 Å². The van der Waals surface area contributed by atoms with Crippen LogP contribution in [0.25, 0.3) is 0 Å². The molecular weight excluding hydrogens is 423 g/mol. The number of rotatable bonds is 9. The molecule has 0 aromatic heterocycles. The first-order valence-electron chi connectivity index (χ1n) is 11.3. The molecule has 1 atom stereocenters. The number of ether oxygens (including phenoxy) is 1. The molecule has 2 aromatic carbocycles. The van der Waals surface area contributed by atoms with Gasteiger partial charge >= 0.3 is 0 Å². The van der Waals surface area contributed by atoms with E-state index in [0.29, 0.717) is 17.9 Å². The standard InChI is InChI=1S/C25H33FN4O3/c1-18(2)23(28-24(31)21-6-4-5-7-22(21)33-3)25(32)27-12-13-29-14-16-30(17-15-29)20-10-8-19(26)9-11-20/h4-11,18,23H,12-17H2,1-3H3,(H,27,32)(H,28,31). The number of benzene rings is 2. The highest BCUT2D eigenvalue weighted by Crippen LogP contribution is 2.18. The Kier molecular flexibility index (Phi) is 8.65. The van der Waals surface area contributed by atoms with Crippen LogP contribution in [0.3, 0.4) is 0 Å². The first kappa shape index (κ1) is 24.5. The van der Waals surface area contributed by atoms with Crippen molar-refractivity contribution in [1.29, 1.82) is 0 Å². The van der Waals surface area contributed by atoms with E-state index in [1.165, 1.54) is 19.2 Å². The lowest BCUT2D eigenvalue weighted by Gasteiger charge is -2.36. The quantitative estimate of drug-likeness (QED) is 0.607. The summed E-state index contributed by atoms with van der Waals surface area (Å²) in [5.74, 6) is -0.357. The van der Waals surface area contributed by atoms with Gasteiger partial charge in [-0.25, -0.2) is 4.39 Å². The Labute approximate surface area is 194 Å². The number of carbonyl (C=O) groups is 2. The van der Waals surface area contributed by atoms with Crippen molar-refractivity contribution in [2.75, 3.05) is 51.3 Å². The maximum Gasteiger partial charge on any atom is 0.255 e. The summed E-state index contributed by atoms with van der Waals surface area (Å²) >= 11 is 0. The van der Waals surface area contributed by atoms with E-state index in [9.17, 15) is 14.0 Å². The van der Waals surface area contributed by atoms with Crippen LogP contribution >= 0.6 is 0 Å². The zero-order chi connectivity index (χ0) is 23.8. The van der Waals surface area contributed by atoms with Gasteiger partial charge in [0.2, 0.25) is 5.91 Å². The Morgan fingerprint density at radius 1 is 1.03 bits per heavy atom. The van der Waals surface area contributed by atoms with Crippen molar-refractivity contribution in [1.82, 2.24) is 15.5 Å². The lowest BCUT2D eigenvalue weighted by molar-refractivity contribution is -0.124. The topological polar surface area (TPSA) is 73.9 Å². The number of hydrogen-bond acceptors (Lipinski definition) is 5. The van der Waals surface area contributed by atoms with E-state index in [2.05, 4.69) is 20.4 Å². The molecule has 1 saturated heterocycles. The first-order chi connectivity index (χ1) is 15.9. The van der Waals surface area contributed by atoms with Gasteiger partial charge in [-0.3, -0.25) is 14.5 Å². The minimum absolute atomic E-state index is 0.0667. The molecule has 2 aromatic rings. The van der Waals surface area contributed by atoms with Crippen LogP contribution in [0, 0.1) is 11.7 Å². The molecule has 2 N–H and O–H groups in total. The molecule has 1 heterocycles. The number of methoxy groups -OCH3 is 1. The fourth-order valence-electron chi connectivity index (χ4n) is 3.91. The molecule has 0 radical (unpaired) electrons. The van der Waals surface area contributed by atoms with Crippen molar-refractivity contribution in [3.05, 3.63) is 59.9 Å². The second-order valence-corrected chi connectivity index (χ2v) is 8.49. The highest BCUT2D eigenvalue weighted by atomic mass is 19.1. The molecule has 0 bridgehead atoms. The number of nitrogens with one attached hydrogen (secondary N) is 2. The van der Waals surface area contributed by atoms with Crippen LogP contribution in [0.4, 0.5) is 10.1 Å². The fourth-order valence-corrected chi connectivity index (χ4v) is 3.91. The molecule has 1 aliphatic rings. The Hall–Kier alpha value is -3.13. The third-order valence-electron chi connectivity index (χ3n) is 5.88. The second-order valence-electron chi connectivity index (χ2n) is 8.49. The van der Waals surface area contributed by atoms with E-state index < -0.39 is 6.04 Å². The third-order valence-corrected chi connectivity index (χ3v) is 5.88. The molecule has 8 heteroatoms. The van der Waals surface area contributed by atoms with Crippen LogP contribution in [0.15, 0.2) is 48.5 Å². The minimum atomic E-state index is -0.641. The van der Waals surface area contributed by atoms with Gasteiger partial charge in [0.05, 0.1) is 12.7 Å². The number of piperazine rings is 1. The lowest BCUT2D eigenvalue weighted by atomic mass is 10.0. The molecule has 33 heavy (non-hydrogen) atoms. The second kappa shape index (κ2) is 11.7. The summed E-state index contributed by atoms with van der Waals surface area (Å²) in [4.78, 5) is 30.0. The minimum Gasteiger partial charge on any atom is -0.496 e. The third kappa shape index (κ3) is 6.68. The van der Waals surface area contributed by atoms with E-state index in [1.54, 1.807) is 36.4 Å². The van der Waals surface area contributed by atoms with Crippen LogP contribution in [-0.2, 0) is 4.79 Å². The van der Waals surface area contributed by atoms with E-state index >= 15 is 0 Å². The molecule has 0 spiro atoms. The predicted octanol–water partition coefficient (Wildman–Crippen LogP) is 2.53. The monoisotopic (exact) mass is 456 g/mol. The molecule has 7 nitrogen and oxygen atoms in total. The molecule has 0 saturated carbocycles. The Bertz CT molecular complexity index is 928. The number of amides is 2. The maximum atomic E-state index is 13.1. The van der Waals surface area contributed by atoms with Gasteiger partial charge in [0.25, 0.3) is 5.91 Å². The molecule has 3 rings (SSSR count). The predicted molar refractivity (Wildman–Crippen MR) is 127 cm³/mol. The average molecular weight is 457 g/mol. The van der Waals surface area contributed by atoms with Crippen LogP contribution in [0.1, 0.15) is 24.2 Å². The first-order valence-corrected chi connectivity index (χ1v) is 11.3. The largest absolute Gasteiger partial charge is 0.496 e. The normalized spacial score (nSPS) is 15.2. The number of para-hydroxylation sites is 1. The van der Waals surface area contributed by atoms with Gasteiger partial charge < -0.3 is 20.3 Å². The van der Waals surface area contributed by atoms with Gasteiger partial charge in [-0.15, -0.1) is 0 Å². The molecular formula is C25H33FN4O3. The Morgan fingerprint density at radius 2 is 1.70 bits per heavy atom. The number of hydrogen-bond donors (Lipinski definition) is 2. The summed E-state index contributed by atoms with van der Waals surface area (Å²) in [5.41, 5.74) is 1.42. The molecule has 1 fully saturated rings. The van der Waals surface area contributed by atoms with Gasteiger partial charge in [-0.1, -0.05) is 26.0 Å². The Morgan fingerprint density at radius 3 is 2.33 bits per heavy atom. The Balaban J connectivity index is 1.45. The summed E-state index contributed by atoms with van der Waals surface area (Å²) in [6, 6.07) is 12.9. The highest BCUT2D eigenvalue weighted by molar-refractivity contribution is 5.99. The van der Waals surface area contributed by atoms with Crippen LogP contribution in [-0.4, -0.2) is 69.1 Å². The van der Waals surface area contributed by atoms with Crippen molar-refractivity contribution in [2.45, 2.75) is 19.9 Å². The van der Waals surface area contributed by atoms with E-state index in [-0.39, 0.29) is 23.5 Å². The molecule has 1 aliphatic heterocycles. The highest BCUT2D eigenvalue weighted by Gasteiger charge is 2.26. The molecule has 1 unspecified atom stereocenters. The number of anilines is 1. The zero-order valence-electron chi connectivity index (χ0n) is 19.5. The van der Waals surface area contributed by atoms with E-state index in [4.69, 9.17) is 4.74 Å². The SMILES string of the molecule is COc1ccccc1C(=O)NC(C(=O)NCCN1CCN(c2ccc(F)cc2)CC1)C(C)C. The number of halogens is 1. The summed E-state index contributed by atoms with van der Waals surface area (Å²) in [5, 5.41) is 5.81. The van der Waals surface area contributed by atoms with Crippen molar-refractivity contribution >= 4 is 17.5 Å². The van der Waals surface area contributed by atoms with Crippen molar-refractivity contribution in [3.8, 4) is 5.75 Å². The maximum absolute atomic E-state index is 13.1. The van der Waals surface area contributed by atoms with Gasteiger partial charge in [-0.05, 0) is 42.3 Å². The molecule has 0 aliphatic carbocycles. The van der Waals surface area contributed by atoms with Crippen LogP contribution in [0.2, 0.25) is 0 Å². The van der Waals surface area contributed by atoms with Crippen molar-refractivity contribution in [3.63, 3.8) is 0 Å². The number of carbonyl (C=O) groups excluding carboxylic acids is 2. The summed E-state index contributed by atoms with van der Waals surface area (Å²) in [6.07, 6.45) is 0.